The highest BCUT2D eigenvalue weighted by atomic mass is 35.5. The number of ether oxygens (including phenoxy) is 3. The molecule has 0 saturated heterocycles. The molecule has 0 aromatic heterocycles. The van der Waals surface area contributed by atoms with Crippen molar-refractivity contribution >= 4 is 44.8 Å². The van der Waals surface area contributed by atoms with Gasteiger partial charge in [0, 0.05) is 12.1 Å². The average Bonchev–Trinajstić information content (AvgIpc) is 2.70. The Morgan fingerprint density at radius 1 is 1.00 bits per heavy atom. The summed E-state index contributed by atoms with van der Waals surface area (Å²) in [5.41, 5.74) is 0.856. The van der Waals surface area contributed by atoms with E-state index in [2.05, 4.69) is 5.32 Å². The number of carbonyl (C=O) groups is 1. The van der Waals surface area contributed by atoms with Gasteiger partial charge in [-0.1, -0.05) is 23.2 Å². The first kappa shape index (κ1) is 23.9. The Bertz CT molecular complexity index is 1030. The number of hydrogen-bond donors (Lipinski definition) is 1. The van der Waals surface area contributed by atoms with E-state index in [0.29, 0.717) is 22.8 Å². The van der Waals surface area contributed by atoms with Gasteiger partial charge in [0.25, 0.3) is 0 Å². The second-order valence-corrected chi connectivity index (χ2v) is 8.86. The van der Waals surface area contributed by atoms with Crippen LogP contribution in [0, 0.1) is 0 Å². The van der Waals surface area contributed by atoms with Crippen LogP contribution >= 0.6 is 23.2 Å². The number of nitrogens with one attached hydrogen (secondary N) is 1. The predicted molar refractivity (Wildman–Crippen MR) is 117 cm³/mol. The minimum Gasteiger partial charge on any atom is -0.493 e. The zero-order valence-electron chi connectivity index (χ0n) is 16.9. The van der Waals surface area contributed by atoms with E-state index in [0.717, 1.165) is 10.6 Å². The molecule has 1 amide bonds. The second kappa shape index (κ2) is 10.1. The van der Waals surface area contributed by atoms with Crippen LogP contribution < -0.4 is 23.8 Å². The van der Waals surface area contributed by atoms with Crippen LogP contribution in [0.4, 0.5) is 5.69 Å². The maximum absolute atomic E-state index is 12.5. The highest BCUT2D eigenvalue weighted by Crippen LogP contribution is 2.39. The van der Waals surface area contributed by atoms with Gasteiger partial charge in [-0.15, -0.1) is 0 Å². The van der Waals surface area contributed by atoms with Crippen molar-refractivity contribution in [2.24, 2.45) is 0 Å². The lowest BCUT2D eigenvalue weighted by Gasteiger charge is -2.22. The zero-order chi connectivity index (χ0) is 22.5. The highest BCUT2D eigenvalue weighted by Gasteiger charge is 2.22. The molecule has 0 fully saturated rings. The van der Waals surface area contributed by atoms with Gasteiger partial charge in [-0.2, -0.15) is 0 Å². The lowest BCUT2D eigenvalue weighted by molar-refractivity contribution is -0.119. The molecule has 11 heteroatoms. The molecule has 2 rings (SSSR count). The molecule has 2 aromatic carbocycles. The maximum atomic E-state index is 12.5. The van der Waals surface area contributed by atoms with Gasteiger partial charge in [-0.05, 0) is 30.3 Å². The Kier molecular flexibility index (Phi) is 8.05. The van der Waals surface area contributed by atoms with Crippen LogP contribution in [0.25, 0.3) is 0 Å². The quantitative estimate of drug-likeness (QED) is 0.597. The van der Waals surface area contributed by atoms with Crippen molar-refractivity contribution in [2.75, 3.05) is 38.4 Å². The third-order valence-corrected chi connectivity index (χ3v) is 6.02. The molecule has 0 aliphatic carbocycles. The Morgan fingerprint density at radius 2 is 1.67 bits per heavy atom. The molecular weight excluding hydrogens is 455 g/mol. The molecule has 0 radical (unpaired) electrons. The number of rotatable bonds is 9. The molecule has 0 atom stereocenters. The van der Waals surface area contributed by atoms with E-state index in [1.54, 1.807) is 12.1 Å². The number of benzene rings is 2. The van der Waals surface area contributed by atoms with Gasteiger partial charge in [0.2, 0.25) is 21.7 Å². The van der Waals surface area contributed by atoms with Gasteiger partial charge in [-0.3, -0.25) is 9.10 Å². The van der Waals surface area contributed by atoms with Crippen molar-refractivity contribution < 1.29 is 27.4 Å². The van der Waals surface area contributed by atoms with Gasteiger partial charge in [0.1, 0.15) is 6.54 Å². The van der Waals surface area contributed by atoms with Crippen LogP contribution in [-0.4, -0.2) is 48.5 Å². The fourth-order valence-electron chi connectivity index (χ4n) is 2.72. The molecule has 2 aromatic rings. The molecule has 30 heavy (non-hydrogen) atoms. The molecular formula is C19H22Cl2N2O6S. The van der Waals surface area contributed by atoms with Crippen LogP contribution in [0.1, 0.15) is 5.56 Å². The second-order valence-electron chi connectivity index (χ2n) is 6.14. The molecule has 0 aliphatic heterocycles. The lowest BCUT2D eigenvalue weighted by atomic mass is 10.1. The summed E-state index contributed by atoms with van der Waals surface area (Å²) < 4.78 is 41.3. The van der Waals surface area contributed by atoms with E-state index in [1.807, 2.05) is 0 Å². The van der Waals surface area contributed by atoms with Crippen molar-refractivity contribution in [1.82, 2.24) is 5.32 Å². The van der Waals surface area contributed by atoms with Crippen molar-refractivity contribution in [3.05, 3.63) is 45.9 Å². The summed E-state index contributed by atoms with van der Waals surface area (Å²) in [7, 11) is 0.700. The summed E-state index contributed by atoms with van der Waals surface area (Å²) in [4.78, 5) is 12.5. The summed E-state index contributed by atoms with van der Waals surface area (Å²) in [6, 6.07) is 7.72. The monoisotopic (exact) mass is 476 g/mol. The number of carbonyl (C=O) groups excluding carboxylic acids is 1. The Labute approximate surface area is 185 Å². The molecule has 0 aliphatic rings. The third-order valence-electron chi connectivity index (χ3n) is 4.14. The lowest BCUT2D eigenvalue weighted by Crippen LogP contribution is -2.40. The Balaban J connectivity index is 2.20. The highest BCUT2D eigenvalue weighted by molar-refractivity contribution is 7.92. The summed E-state index contributed by atoms with van der Waals surface area (Å²) in [5, 5.41) is 3.14. The number of hydrogen-bond acceptors (Lipinski definition) is 6. The summed E-state index contributed by atoms with van der Waals surface area (Å²) >= 11 is 11.9. The summed E-state index contributed by atoms with van der Waals surface area (Å²) in [6.07, 6.45) is 1.00. The van der Waals surface area contributed by atoms with Gasteiger partial charge in [0.15, 0.2) is 11.5 Å². The van der Waals surface area contributed by atoms with E-state index >= 15 is 0 Å². The van der Waals surface area contributed by atoms with Crippen molar-refractivity contribution in [3.63, 3.8) is 0 Å². The first-order valence-electron chi connectivity index (χ1n) is 8.59. The SMILES string of the molecule is COc1ccc(CNC(=O)CN(c2ccc(Cl)c(Cl)c2)S(C)(=O)=O)c(OC)c1OC. The van der Waals surface area contributed by atoms with E-state index in [-0.39, 0.29) is 22.3 Å². The fourth-order valence-corrected chi connectivity index (χ4v) is 3.86. The van der Waals surface area contributed by atoms with Crippen LogP contribution in [-0.2, 0) is 21.4 Å². The average molecular weight is 477 g/mol. The number of halogens is 2. The summed E-state index contributed by atoms with van der Waals surface area (Å²) in [6.45, 7) is -0.353. The van der Waals surface area contributed by atoms with E-state index in [4.69, 9.17) is 37.4 Å². The molecule has 0 unspecified atom stereocenters. The van der Waals surface area contributed by atoms with Crippen LogP contribution in [0.2, 0.25) is 10.0 Å². The van der Waals surface area contributed by atoms with Gasteiger partial charge < -0.3 is 19.5 Å². The number of anilines is 1. The molecule has 1 N–H and O–H groups in total. The third kappa shape index (κ3) is 5.62. The fraction of sp³-hybridized carbons (Fsp3) is 0.316. The van der Waals surface area contributed by atoms with Crippen LogP contribution in [0.15, 0.2) is 30.3 Å². The van der Waals surface area contributed by atoms with Gasteiger partial charge in [-0.25, -0.2) is 8.42 Å². The molecule has 0 bridgehead atoms. The Hall–Kier alpha value is -2.36. The molecule has 8 nitrogen and oxygen atoms in total. The molecule has 0 saturated carbocycles. The molecule has 0 spiro atoms. The predicted octanol–water partition coefficient (Wildman–Crippen LogP) is 3.10. The summed E-state index contributed by atoms with van der Waals surface area (Å²) in [5.74, 6) is 0.748. The first-order chi connectivity index (χ1) is 14.1. The largest absolute Gasteiger partial charge is 0.493 e. The normalized spacial score (nSPS) is 11.0. The van der Waals surface area contributed by atoms with Crippen molar-refractivity contribution in [1.29, 1.82) is 0 Å². The number of sulfonamides is 1. The standard InChI is InChI=1S/C19H22Cl2N2O6S/c1-27-16-8-5-12(18(28-2)19(16)29-3)10-22-17(24)11-23(30(4,25)26)13-6-7-14(20)15(21)9-13/h5-9H,10-11H2,1-4H3,(H,22,24). The number of methoxy groups -OCH3 is 3. The van der Waals surface area contributed by atoms with Crippen molar-refractivity contribution in [3.8, 4) is 17.2 Å². The minimum atomic E-state index is -3.75. The van der Waals surface area contributed by atoms with Crippen LogP contribution in [0.3, 0.4) is 0 Å². The van der Waals surface area contributed by atoms with Gasteiger partial charge in [0.05, 0.1) is 43.3 Å². The maximum Gasteiger partial charge on any atom is 0.241 e. The van der Waals surface area contributed by atoms with E-state index in [1.165, 1.54) is 39.5 Å². The van der Waals surface area contributed by atoms with E-state index in [9.17, 15) is 13.2 Å². The van der Waals surface area contributed by atoms with E-state index < -0.39 is 22.5 Å². The smallest absolute Gasteiger partial charge is 0.241 e. The topological polar surface area (TPSA) is 94.2 Å². The minimum absolute atomic E-state index is 0.0847. The number of amides is 1. The zero-order valence-corrected chi connectivity index (χ0v) is 19.2. The molecule has 164 valence electrons. The molecule has 0 heterocycles. The van der Waals surface area contributed by atoms with Crippen LogP contribution in [0.5, 0.6) is 17.2 Å². The first-order valence-corrected chi connectivity index (χ1v) is 11.2. The van der Waals surface area contributed by atoms with Gasteiger partial charge >= 0.3 is 0 Å². The Morgan fingerprint density at radius 3 is 2.20 bits per heavy atom. The number of nitrogens with zero attached hydrogens (tertiary/aromatic N) is 1. The van der Waals surface area contributed by atoms with Crippen molar-refractivity contribution in [2.45, 2.75) is 6.54 Å².